The fraction of sp³-hybridized carbons (Fsp3) is 0.538. The molecule has 88 valence electrons. The SMILES string of the molecule is OC(c1cc(F)cc(Cl)c1)C1CCCCC1. The van der Waals surface area contributed by atoms with Gasteiger partial charge in [-0.2, -0.15) is 0 Å². The highest BCUT2D eigenvalue weighted by atomic mass is 35.5. The first-order valence-corrected chi connectivity index (χ1v) is 6.18. The number of benzene rings is 1. The first-order chi connectivity index (χ1) is 7.66. The molecule has 0 saturated heterocycles. The summed E-state index contributed by atoms with van der Waals surface area (Å²) in [5, 5.41) is 10.5. The van der Waals surface area contributed by atoms with Crippen LogP contribution in [0.1, 0.15) is 43.8 Å². The zero-order chi connectivity index (χ0) is 11.5. The van der Waals surface area contributed by atoms with Crippen LogP contribution in [-0.4, -0.2) is 5.11 Å². The third-order valence-electron chi connectivity index (χ3n) is 3.32. The molecule has 1 aromatic carbocycles. The van der Waals surface area contributed by atoms with Crippen molar-refractivity contribution in [2.45, 2.75) is 38.2 Å². The second kappa shape index (κ2) is 5.15. The van der Waals surface area contributed by atoms with Gasteiger partial charge in [-0.15, -0.1) is 0 Å². The molecule has 0 bridgehead atoms. The molecule has 0 aliphatic heterocycles. The van der Waals surface area contributed by atoms with E-state index in [-0.39, 0.29) is 11.7 Å². The van der Waals surface area contributed by atoms with E-state index >= 15 is 0 Å². The quantitative estimate of drug-likeness (QED) is 0.828. The average molecular weight is 243 g/mol. The molecule has 0 spiro atoms. The lowest BCUT2D eigenvalue weighted by Gasteiger charge is -2.26. The third kappa shape index (κ3) is 2.74. The number of hydrogen-bond donors (Lipinski definition) is 1. The van der Waals surface area contributed by atoms with Gasteiger partial charge < -0.3 is 5.11 Å². The number of aliphatic hydroxyl groups is 1. The Morgan fingerprint density at radius 2 is 1.88 bits per heavy atom. The molecule has 1 aliphatic rings. The molecule has 1 unspecified atom stereocenters. The first-order valence-electron chi connectivity index (χ1n) is 5.81. The molecule has 1 atom stereocenters. The minimum absolute atomic E-state index is 0.256. The van der Waals surface area contributed by atoms with E-state index in [1.807, 2.05) is 0 Å². The molecular weight excluding hydrogens is 227 g/mol. The lowest BCUT2D eigenvalue weighted by molar-refractivity contribution is 0.0846. The van der Waals surface area contributed by atoms with Gasteiger partial charge in [-0.3, -0.25) is 0 Å². The van der Waals surface area contributed by atoms with Gasteiger partial charge >= 0.3 is 0 Å². The van der Waals surface area contributed by atoms with E-state index in [1.165, 1.54) is 18.6 Å². The summed E-state index contributed by atoms with van der Waals surface area (Å²) in [6.07, 6.45) is 5.03. The zero-order valence-electron chi connectivity index (χ0n) is 9.13. The van der Waals surface area contributed by atoms with Crippen molar-refractivity contribution in [3.05, 3.63) is 34.6 Å². The molecule has 1 fully saturated rings. The molecular formula is C13H16ClFO. The van der Waals surface area contributed by atoms with E-state index in [9.17, 15) is 9.50 Å². The molecule has 1 aromatic rings. The van der Waals surface area contributed by atoms with Crippen molar-refractivity contribution < 1.29 is 9.50 Å². The minimum Gasteiger partial charge on any atom is -0.388 e. The molecule has 3 heteroatoms. The van der Waals surface area contributed by atoms with Gasteiger partial charge in [-0.25, -0.2) is 4.39 Å². The molecule has 2 rings (SSSR count). The number of hydrogen-bond acceptors (Lipinski definition) is 1. The summed E-state index contributed by atoms with van der Waals surface area (Å²) in [5.41, 5.74) is 0.608. The van der Waals surface area contributed by atoms with E-state index in [1.54, 1.807) is 6.07 Å². The number of rotatable bonds is 2. The van der Waals surface area contributed by atoms with E-state index in [2.05, 4.69) is 0 Å². The van der Waals surface area contributed by atoms with Crippen LogP contribution in [0.15, 0.2) is 18.2 Å². The fourth-order valence-electron chi connectivity index (χ4n) is 2.47. The molecule has 1 nitrogen and oxygen atoms in total. The smallest absolute Gasteiger partial charge is 0.125 e. The fourth-order valence-corrected chi connectivity index (χ4v) is 2.70. The van der Waals surface area contributed by atoms with Gasteiger partial charge in [0, 0.05) is 5.02 Å². The highest BCUT2D eigenvalue weighted by Gasteiger charge is 2.23. The third-order valence-corrected chi connectivity index (χ3v) is 3.54. The molecule has 1 saturated carbocycles. The summed E-state index contributed by atoms with van der Waals surface area (Å²) in [6.45, 7) is 0. The van der Waals surface area contributed by atoms with Crippen molar-refractivity contribution in [3.63, 3.8) is 0 Å². The Hall–Kier alpha value is -0.600. The van der Waals surface area contributed by atoms with Crippen LogP contribution in [0.2, 0.25) is 5.02 Å². The van der Waals surface area contributed by atoms with Gasteiger partial charge in [0.25, 0.3) is 0 Å². The maximum Gasteiger partial charge on any atom is 0.125 e. The molecule has 0 radical (unpaired) electrons. The Bertz CT molecular complexity index is 341. The average Bonchev–Trinajstić information content (AvgIpc) is 2.28. The van der Waals surface area contributed by atoms with Crippen LogP contribution in [0.5, 0.6) is 0 Å². The van der Waals surface area contributed by atoms with Gasteiger partial charge in [-0.05, 0) is 42.5 Å². The van der Waals surface area contributed by atoms with E-state index < -0.39 is 6.10 Å². The van der Waals surface area contributed by atoms with Crippen molar-refractivity contribution in [2.75, 3.05) is 0 Å². The number of aliphatic hydroxyl groups excluding tert-OH is 1. The predicted molar refractivity (Wildman–Crippen MR) is 62.9 cm³/mol. The first kappa shape index (κ1) is 11.9. The van der Waals surface area contributed by atoms with Crippen LogP contribution < -0.4 is 0 Å². The summed E-state index contributed by atoms with van der Waals surface area (Å²) in [6, 6.07) is 4.30. The second-order valence-corrected chi connectivity index (χ2v) is 4.98. The Morgan fingerprint density at radius 3 is 2.50 bits per heavy atom. The Labute approximate surface area is 100 Å². The van der Waals surface area contributed by atoms with Gasteiger partial charge in [0.05, 0.1) is 6.10 Å². The maximum absolute atomic E-state index is 13.2. The lowest BCUT2D eigenvalue weighted by Crippen LogP contribution is -2.16. The Balaban J connectivity index is 2.15. The van der Waals surface area contributed by atoms with Crippen LogP contribution >= 0.6 is 11.6 Å². The summed E-state index contributed by atoms with van der Waals surface area (Å²) < 4.78 is 13.2. The van der Waals surface area contributed by atoms with Gasteiger partial charge in [0.1, 0.15) is 5.82 Å². The largest absolute Gasteiger partial charge is 0.388 e. The number of halogens is 2. The maximum atomic E-state index is 13.2. The van der Waals surface area contributed by atoms with E-state index in [4.69, 9.17) is 11.6 Å². The second-order valence-electron chi connectivity index (χ2n) is 4.55. The molecule has 1 N–H and O–H groups in total. The summed E-state index contributed by atoms with van der Waals surface area (Å²) in [7, 11) is 0. The highest BCUT2D eigenvalue weighted by Crippen LogP contribution is 2.35. The van der Waals surface area contributed by atoms with Crippen LogP contribution in [0.4, 0.5) is 4.39 Å². The summed E-state index contributed by atoms with van der Waals surface area (Å²) in [4.78, 5) is 0. The van der Waals surface area contributed by atoms with Crippen molar-refractivity contribution in [1.82, 2.24) is 0 Å². The van der Waals surface area contributed by atoms with Crippen molar-refractivity contribution in [1.29, 1.82) is 0 Å². The van der Waals surface area contributed by atoms with E-state index in [0.717, 1.165) is 25.7 Å². The zero-order valence-corrected chi connectivity index (χ0v) is 9.88. The van der Waals surface area contributed by atoms with Gasteiger partial charge in [0.15, 0.2) is 0 Å². The van der Waals surface area contributed by atoms with Gasteiger partial charge in [-0.1, -0.05) is 30.9 Å². The van der Waals surface area contributed by atoms with Crippen molar-refractivity contribution in [2.24, 2.45) is 5.92 Å². The van der Waals surface area contributed by atoms with Crippen LogP contribution in [0.25, 0.3) is 0 Å². The van der Waals surface area contributed by atoms with Crippen molar-refractivity contribution >= 4 is 11.6 Å². The lowest BCUT2D eigenvalue weighted by atomic mass is 9.83. The normalized spacial score (nSPS) is 19.7. The Kier molecular flexibility index (Phi) is 3.82. The highest BCUT2D eigenvalue weighted by molar-refractivity contribution is 6.30. The molecule has 1 aliphatic carbocycles. The molecule has 0 heterocycles. The minimum atomic E-state index is -0.575. The van der Waals surface area contributed by atoms with Gasteiger partial charge in [0.2, 0.25) is 0 Å². The van der Waals surface area contributed by atoms with E-state index in [0.29, 0.717) is 10.6 Å². The Morgan fingerprint density at radius 1 is 1.19 bits per heavy atom. The van der Waals surface area contributed by atoms with Crippen molar-refractivity contribution in [3.8, 4) is 0 Å². The standard InChI is InChI=1S/C13H16ClFO/c14-11-6-10(7-12(15)8-11)13(16)9-4-2-1-3-5-9/h6-9,13,16H,1-5H2. The van der Waals surface area contributed by atoms with Crippen LogP contribution in [0.3, 0.4) is 0 Å². The topological polar surface area (TPSA) is 20.2 Å². The predicted octanol–water partition coefficient (Wildman–Crippen LogP) is 4.09. The summed E-state index contributed by atoms with van der Waals surface area (Å²) in [5.74, 6) is -0.121. The molecule has 16 heavy (non-hydrogen) atoms. The van der Waals surface area contributed by atoms with Crippen LogP contribution in [0, 0.1) is 11.7 Å². The summed E-state index contributed by atoms with van der Waals surface area (Å²) >= 11 is 5.78. The van der Waals surface area contributed by atoms with Crippen LogP contribution in [-0.2, 0) is 0 Å². The monoisotopic (exact) mass is 242 g/mol. The molecule has 0 amide bonds. The molecule has 0 aromatic heterocycles.